The lowest BCUT2D eigenvalue weighted by Crippen LogP contribution is -2.10. The third-order valence-electron chi connectivity index (χ3n) is 9.60. The summed E-state index contributed by atoms with van der Waals surface area (Å²) in [4.78, 5) is 6.15. The van der Waals surface area contributed by atoms with Crippen LogP contribution in [0.15, 0.2) is 187 Å². The van der Waals surface area contributed by atoms with Gasteiger partial charge in [0.15, 0.2) is 0 Å². The Balaban J connectivity index is 0.000000329. The Hall–Kier alpha value is -6.45. The molecule has 0 aliphatic heterocycles. The van der Waals surface area contributed by atoms with Gasteiger partial charge in [-0.2, -0.15) is 0 Å². The second kappa shape index (κ2) is 15.6. The normalized spacial score (nSPS) is 11.6. The molecule has 0 atom stereocenters. The summed E-state index contributed by atoms with van der Waals surface area (Å²) in [6.07, 6.45) is 7.30. The molecule has 0 bridgehead atoms. The summed E-state index contributed by atoms with van der Waals surface area (Å²) >= 11 is 0. The van der Waals surface area contributed by atoms with Gasteiger partial charge in [0, 0.05) is 35.1 Å². The Bertz CT molecular complexity index is 2520. The minimum Gasteiger partial charge on any atom is -0.351 e. The Kier molecular flexibility index (Phi) is 10.2. The number of allylic oxidation sites excluding steroid dienone is 2. The summed E-state index contributed by atoms with van der Waals surface area (Å²) in [7, 11) is 2.15. The van der Waals surface area contributed by atoms with Gasteiger partial charge < -0.3 is 9.47 Å². The van der Waals surface area contributed by atoms with Crippen LogP contribution in [0.3, 0.4) is 0 Å². The van der Waals surface area contributed by atoms with Gasteiger partial charge in [0.05, 0.1) is 22.4 Å². The summed E-state index contributed by atoms with van der Waals surface area (Å²) in [5.41, 5.74) is 12.0. The zero-order valence-corrected chi connectivity index (χ0v) is 30.1. The molecule has 0 spiro atoms. The van der Waals surface area contributed by atoms with Crippen molar-refractivity contribution in [1.82, 2.24) is 4.57 Å². The predicted molar refractivity (Wildman–Crippen MR) is 226 cm³/mol. The van der Waals surface area contributed by atoms with Gasteiger partial charge in [-0.3, -0.25) is 4.99 Å². The van der Waals surface area contributed by atoms with E-state index in [1.54, 1.807) is 0 Å². The molecule has 0 radical (unpaired) electrons. The van der Waals surface area contributed by atoms with Crippen molar-refractivity contribution in [1.29, 1.82) is 0 Å². The lowest BCUT2D eigenvalue weighted by molar-refractivity contribution is 1.16. The van der Waals surface area contributed by atoms with E-state index in [1.165, 1.54) is 66.2 Å². The highest BCUT2D eigenvalue weighted by molar-refractivity contribution is 6.12. The van der Waals surface area contributed by atoms with E-state index >= 15 is 0 Å². The largest absolute Gasteiger partial charge is 0.351 e. The molecule has 0 aliphatic carbocycles. The number of para-hydroxylation sites is 2. The molecular weight excluding hydrogens is 631 g/mol. The summed E-state index contributed by atoms with van der Waals surface area (Å²) in [6, 6.07) is 58.1. The van der Waals surface area contributed by atoms with E-state index in [1.807, 2.05) is 43.3 Å². The first kappa shape index (κ1) is 34.0. The molecule has 0 aliphatic rings. The number of benzene rings is 7. The van der Waals surface area contributed by atoms with Gasteiger partial charge in [-0.15, -0.1) is 0 Å². The number of hydrogen-bond acceptors (Lipinski definition) is 2. The molecule has 0 fully saturated rings. The molecule has 0 unspecified atom stereocenters. The molecule has 7 aromatic carbocycles. The Morgan fingerprint density at radius 1 is 0.654 bits per heavy atom. The zero-order valence-electron chi connectivity index (χ0n) is 30.1. The summed E-state index contributed by atoms with van der Waals surface area (Å²) < 4.78 is 2.37. The van der Waals surface area contributed by atoms with Crippen LogP contribution in [0.4, 0.5) is 5.69 Å². The molecule has 8 aromatic rings. The summed E-state index contributed by atoms with van der Waals surface area (Å²) in [5.74, 6) is 0. The fourth-order valence-corrected chi connectivity index (χ4v) is 7.20. The van der Waals surface area contributed by atoms with Gasteiger partial charge in [0.25, 0.3) is 0 Å². The predicted octanol–water partition coefficient (Wildman–Crippen LogP) is 12.9. The SMILES string of the molecule is C=N/C(=C\C)c1ccccc1.Cc1cc(-c2ccc3c(c2)c2ccccc2n3-c2ccccc2)c2ccccc2c1N(C)/C=C/Cc1ccccc1. The first-order chi connectivity index (χ1) is 25.6. The number of rotatable bonds is 8. The minimum atomic E-state index is 0.914. The maximum absolute atomic E-state index is 3.89. The van der Waals surface area contributed by atoms with Crippen LogP contribution in [0, 0.1) is 6.92 Å². The molecule has 0 N–H and O–H groups in total. The molecule has 1 aromatic heterocycles. The molecule has 3 heteroatoms. The smallest absolute Gasteiger partial charge is 0.0652 e. The van der Waals surface area contributed by atoms with Gasteiger partial charge in [-0.25, -0.2) is 0 Å². The standard InChI is InChI=1S/C39H32N2.C10H11N/c1-28-26-35(32-19-9-10-21-34(32)39(28)40(2)25-13-16-29-14-5-3-6-15-29)30-23-24-38-36(27-30)33-20-11-12-22-37(33)41(38)31-17-7-4-8-18-31;1-3-10(11-2)9-7-5-4-6-8-9/h3-15,17-27H,16H2,1-2H3;3-8H,2H2,1H3/b25-13+;10-3-. The van der Waals surface area contributed by atoms with Crippen LogP contribution in [0.2, 0.25) is 0 Å². The van der Waals surface area contributed by atoms with Crippen LogP contribution in [0.5, 0.6) is 0 Å². The minimum absolute atomic E-state index is 0.914. The van der Waals surface area contributed by atoms with Crippen molar-refractivity contribution in [3.8, 4) is 16.8 Å². The summed E-state index contributed by atoms with van der Waals surface area (Å²) in [6.45, 7) is 7.67. The fraction of sp³-hybridized carbons (Fsp3) is 0.0816. The number of aromatic nitrogens is 1. The average Bonchev–Trinajstić information content (AvgIpc) is 3.53. The fourth-order valence-electron chi connectivity index (χ4n) is 7.20. The Labute approximate surface area is 307 Å². The number of aryl methyl sites for hydroxylation is 1. The van der Waals surface area contributed by atoms with Crippen molar-refractivity contribution in [2.24, 2.45) is 4.99 Å². The van der Waals surface area contributed by atoms with Crippen LogP contribution in [0.25, 0.3) is 55.1 Å². The molecule has 254 valence electrons. The molecule has 0 saturated heterocycles. The Morgan fingerprint density at radius 2 is 1.25 bits per heavy atom. The van der Waals surface area contributed by atoms with Crippen molar-refractivity contribution in [2.75, 3.05) is 11.9 Å². The highest BCUT2D eigenvalue weighted by Gasteiger charge is 2.16. The van der Waals surface area contributed by atoms with E-state index < -0.39 is 0 Å². The zero-order chi connectivity index (χ0) is 35.9. The highest BCUT2D eigenvalue weighted by Crippen LogP contribution is 2.40. The molecule has 52 heavy (non-hydrogen) atoms. The third kappa shape index (κ3) is 6.95. The number of nitrogens with zero attached hydrogens (tertiary/aromatic N) is 3. The molecule has 0 saturated carbocycles. The first-order valence-corrected chi connectivity index (χ1v) is 17.8. The molecular formula is C49H43N3. The molecule has 3 nitrogen and oxygen atoms in total. The van der Waals surface area contributed by atoms with E-state index in [0.717, 1.165) is 17.7 Å². The van der Waals surface area contributed by atoms with Crippen LogP contribution in [-0.4, -0.2) is 18.3 Å². The van der Waals surface area contributed by atoms with E-state index in [0.29, 0.717) is 0 Å². The maximum Gasteiger partial charge on any atom is 0.0652 e. The second-order valence-corrected chi connectivity index (χ2v) is 12.9. The quantitative estimate of drug-likeness (QED) is 0.147. The molecule has 1 heterocycles. The van der Waals surface area contributed by atoms with Crippen molar-refractivity contribution in [2.45, 2.75) is 20.3 Å². The Morgan fingerprint density at radius 3 is 1.94 bits per heavy atom. The van der Waals surface area contributed by atoms with Gasteiger partial charge in [0.2, 0.25) is 0 Å². The molecule has 0 amide bonds. The van der Waals surface area contributed by atoms with Crippen LogP contribution >= 0.6 is 0 Å². The van der Waals surface area contributed by atoms with E-state index in [2.05, 4.69) is 181 Å². The number of hydrogen-bond donors (Lipinski definition) is 0. The number of fused-ring (bicyclic) bond motifs is 4. The van der Waals surface area contributed by atoms with E-state index in [4.69, 9.17) is 0 Å². The van der Waals surface area contributed by atoms with Crippen molar-refractivity contribution in [3.63, 3.8) is 0 Å². The van der Waals surface area contributed by atoms with Crippen LogP contribution in [-0.2, 0) is 6.42 Å². The molecule has 8 rings (SSSR count). The van der Waals surface area contributed by atoms with Gasteiger partial charge in [-0.1, -0.05) is 140 Å². The topological polar surface area (TPSA) is 20.5 Å². The van der Waals surface area contributed by atoms with Crippen LogP contribution < -0.4 is 4.90 Å². The van der Waals surface area contributed by atoms with Crippen molar-refractivity contribution >= 4 is 50.7 Å². The third-order valence-corrected chi connectivity index (χ3v) is 9.60. The van der Waals surface area contributed by atoms with Crippen molar-refractivity contribution < 1.29 is 0 Å². The monoisotopic (exact) mass is 673 g/mol. The van der Waals surface area contributed by atoms with Crippen LogP contribution in [0.1, 0.15) is 23.6 Å². The highest BCUT2D eigenvalue weighted by atomic mass is 15.1. The lowest BCUT2D eigenvalue weighted by Gasteiger charge is -2.22. The second-order valence-electron chi connectivity index (χ2n) is 12.9. The lowest BCUT2D eigenvalue weighted by atomic mass is 9.93. The maximum atomic E-state index is 3.89. The van der Waals surface area contributed by atoms with Gasteiger partial charge >= 0.3 is 0 Å². The summed E-state index contributed by atoms with van der Waals surface area (Å²) in [5, 5.41) is 5.08. The van der Waals surface area contributed by atoms with Crippen molar-refractivity contribution in [3.05, 3.63) is 199 Å². The van der Waals surface area contributed by atoms with Gasteiger partial charge in [-0.05, 0) is 96.6 Å². The van der Waals surface area contributed by atoms with Gasteiger partial charge in [0.1, 0.15) is 0 Å². The average molecular weight is 674 g/mol. The van der Waals surface area contributed by atoms with E-state index in [9.17, 15) is 0 Å². The first-order valence-electron chi connectivity index (χ1n) is 17.8. The van der Waals surface area contributed by atoms with E-state index in [-0.39, 0.29) is 0 Å². The number of anilines is 1. The number of aliphatic imine (C=N–C) groups is 1.